The molecule has 1 aliphatic carbocycles. The average molecular weight is 210 g/mol. The third-order valence-corrected chi connectivity index (χ3v) is 3.42. The molecule has 0 N–H and O–H groups in total. The summed E-state index contributed by atoms with van der Waals surface area (Å²) in [6.07, 6.45) is 0.859. The molecule has 86 valence electrons. The molecule has 0 radical (unpaired) electrons. The monoisotopic (exact) mass is 210 g/mol. The fraction of sp³-hybridized carbons (Fsp3) is 0.846. The van der Waals surface area contributed by atoms with Crippen LogP contribution in [0.5, 0.6) is 0 Å². The molecule has 1 fully saturated rings. The van der Waals surface area contributed by atoms with Crippen LogP contribution in [0.2, 0.25) is 0 Å². The fourth-order valence-corrected chi connectivity index (χ4v) is 2.69. The summed E-state index contributed by atoms with van der Waals surface area (Å²) in [5, 5.41) is 0. The van der Waals surface area contributed by atoms with Gasteiger partial charge in [0.15, 0.2) is 0 Å². The van der Waals surface area contributed by atoms with Crippen molar-refractivity contribution >= 4 is 11.6 Å². The maximum absolute atomic E-state index is 11.9. The van der Waals surface area contributed by atoms with Gasteiger partial charge in [0.2, 0.25) is 0 Å². The SMILES string of the molecule is CC(C)CC1C(=O)C(C)C(=O)C1C(C)C. The maximum atomic E-state index is 11.9. The van der Waals surface area contributed by atoms with E-state index in [9.17, 15) is 9.59 Å². The van der Waals surface area contributed by atoms with Gasteiger partial charge in [0.1, 0.15) is 11.6 Å². The summed E-state index contributed by atoms with van der Waals surface area (Å²) in [5.74, 6) is 0.699. The van der Waals surface area contributed by atoms with Crippen molar-refractivity contribution in [1.29, 1.82) is 0 Å². The van der Waals surface area contributed by atoms with E-state index in [1.54, 1.807) is 6.92 Å². The van der Waals surface area contributed by atoms with Crippen LogP contribution in [0.15, 0.2) is 0 Å². The summed E-state index contributed by atoms with van der Waals surface area (Å²) in [7, 11) is 0. The molecule has 1 aliphatic rings. The first-order valence-electron chi connectivity index (χ1n) is 5.93. The highest BCUT2D eigenvalue weighted by Gasteiger charge is 2.47. The van der Waals surface area contributed by atoms with E-state index in [4.69, 9.17) is 0 Å². The van der Waals surface area contributed by atoms with Crippen LogP contribution in [-0.2, 0) is 9.59 Å². The van der Waals surface area contributed by atoms with Gasteiger partial charge in [-0.05, 0) is 25.2 Å². The lowest BCUT2D eigenvalue weighted by Crippen LogP contribution is -2.24. The third kappa shape index (κ3) is 2.30. The second-order valence-electron chi connectivity index (χ2n) is 5.53. The lowest BCUT2D eigenvalue weighted by atomic mass is 9.81. The molecule has 1 rings (SSSR count). The number of Topliss-reactive ketones (excluding diaryl/α,β-unsaturated/α-hetero) is 2. The van der Waals surface area contributed by atoms with Crippen molar-refractivity contribution in [3.8, 4) is 0 Å². The summed E-state index contributed by atoms with van der Waals surface area (Å²) < 4.78 is 0. The van der Waals surface area contributed by atoms with Crippen molar-refractivity contribution in [2.75, 3.05) is 0 Å². The van der Waals surface area contributed by atoms with Gasteiger partial charge in [-0.2, -0.15) is 0 Å². The van der Waals surface area contributed by atoms with Gasteiger partial charge in [0.25, 0.3) is 0 Å². The van der Waals surface area contributed by atoms with Crippen molar-refractivity contribution in [2.45, 2.75) is 41.0 Å². The molecule has 0 aromatic rings. The fourth-order valence-electron chi connectivity index (χ4n) is 2.69. The van der Waals surface area contributed by atoms with Gasteiger partial charge >= 0.3 is 0 Å². The average Bonchev–Trinajstić information content (AvgIpc) is 2.30. The number of hydrogen-bond donors (Lipinski definition) is 0. The molecule has 0 amide bonds. The van der Waals surface area contributed by atoms with Crippen LogP contribution < -0.4 is 0 Å². The number of carbonyl (C=O) groups is 2. The number of hydrogen-bond acceptors (Lipinski definition) is 2. The minimum absolute atomic E-state index is 0.0208. The van der Waals surface area contributed by atoms with Crippen LogP contribution >= 0.6 is 0 Å². The zero-order valence-electron chi connectivity index (χ0n) is 10.4. The predicted octanol–water partition coefficient (Wildman–Crippen LogP) is 2.71. The highest BCUT2D eigenvalue weighted by molar-refractivity contribution is 6.11. The quantitative estimate of drug-likeness (QED) is 0.671. The Kier molecular flexibility index (Phi) is 3.69. The molecular formula is C13H22O2. The minimum atomic E-state index is -0.360. The Hall–Kier alpha value is -0.660. The van der Waals surface area contributed by atoms with Gasteiger partial charge in [0.05, 0.1) is 5.92 Å². The summed E-state index contributed by atoms with van der Waals surface area (Å²) in [4.78, 5) is 23.9. The molecule has 0 saturated heterocycles. The zero-order valence-corrected chi connectivity index (χ0v) is 10.4. The van der Waals surface area contributed by atoms with Crippen LogP contribution in [0.1, 0.15) is 41.0 Å². The molecule has 0 aromatic carbocycles. The normalized spacial score (nSPS) is 32.1. The molecule has 1 saturated carbocycles. The lowest BCUT2D eigenvalue weighted by Gasteiger charge is -2.21. The van der Waals surface area contributed by atoms with Crippen molar-refractivity contribution in [2.24, 2.45) is 29.6 Å². The summed E-state index contributed by atoms with van der Waals surface area (Å²) in [6, 6.07) is 0. The highest BCUT2D eigenvalue weighted by Crippen LogP contribution is 2.38. The smallest absolute Gasteiger partial charge is 0.147 e. The van der Waals surface area contributed by atoms with Crippen LogP contribution in [0.3, 0.4) is 0 Å². The number of carbonyl (C=O) groups excluding carboxylic acids is 2. The Morgan fingerprint density at radius 3 is 2.00 bits per heavy atom. The van der Waals surface area contributed by atoms with E-state index in [0.717, 1.165) is 6.42 Å². The first-order chi connectivity index (χ1) is 6.86. The molecule has 0 aliphatic heterocycles. The Bertz CT molecular complexity index is 266. The Morgan fingerprint density at radius 1 is 1.07 bits per heavy atom. The first-order valence-corrected chi connectivity index (χ1v) is 5.93. The number of ketones is 2. The lowest BCUT2D eigenvalue weighted by molar-refractivity contribution is -0.128. The maximum Gasteiger partial charge on any atom is 0.147 e. The predicted molar refractivity (Wildman–Crippen MR) is 60.5 cm³/mol. The Balaban J connectivity index is 2.90. The van der Waals surface area contributed by atoms with Gasteiger partial charge in [-0.1, -0.05) is 27.7 Å². The van der Waals surface area contributed by atoms with Gasteiger partial charge in [-0.3, -0.25) is 9.59 Å². The van der Waals surface area contributed by atoms with Crippen molar-refractivity contribution in [3.63, 3.8) is 0 Å². The van der Waals surface area contributed by atoms with Gasteiger partial charge < -0.3 is 0 Å². The molecule has 0 aromatic heterocycles. The zero-order chi connectivity index (χ0) is 11.7. The van der Waals surface area contributed by atoms with E-state index in [1.807, 2.05) is 13.8 Å². The van der Waals surface area contributed by atoms with E-state index < -0.39 is 0 Å². The molecule has 3 unspecified atom stereocenters. The molecule has 0 heterocycles. The molecule has 2 heteroatoms. The standard InChI is InChI=1S/C13H22O2/c1-7(2)6-10-11(8(3)4)13(15)9(5)12(10)14/h7-11H,6H2,1-5H3. The summed E-state index contributed by atoms with van der Waals surface area (Å²) in [5.41, 5.74) is 0. The van der Waals surface area contributed by atoms with E-state index in [-0.39, 0.29) is 35.2 Å². The Morgan fingerprint density at radius 2 is 1.60 bits per heavy atom. The van der Waals surface area contributed by atoms with E-state index >= 15 is 0 Å². The number of rotatable bonds is 3. The van der Waals surface area contributed by atoms with Crippen molar-refractivity contribution in [3.05, 3.63) is 0 Å². The molecular weight excluding hydrogens is 188 g/mol. The van der Waals surface area contributed by atoms with Crippen LogP contribution in [-0.4, -0.2) is 11.6 Å². The molecule has 0 bridgehead atoms. The summed E-state index contributed by atoms with van der Waals surface area (Å²) in [6.45, 7) is 10.1. The van der Waals surface area contributed by atoms with Gasteiger partial charge in [-0.15, -0.1) is 0 Å². The third-order valence-electron chi connectivity index (χ3n) is 3.42. The second kappa shape index (κ2) is 4.46. The topological polar surface area (TPSA) is 34.1 Å². The van der Waals surface area contributed by atoms with E-state index in [2.05, 4.69) is 13.8 Å². The van der Waals surface area contributed by atoms with Crippen LogP contribution in [0.25, 0.3) is 0 Å². The van der Waals surface area contributed by atoms with Gasteiger partial charge in [-0.25, -0.2) is 0 Å². The van der Waals surface area contributed by atoms with Crippen LogP contribution in [0, 0.1) is 29.6 Å². The van der Waals surface area contributed by atoms with Crippen molar-refractivity contribution < 1.29 is 9.59 Å². The highest BCUT2D eigenvalue weighted by atomic mass is 16.2. The first kappa shape index (κ1) is 12.4. The van der Waals surface area contributed by atoms with Gasteiger partial charge in [0, 0.05) is 11.8 Å². The van der Waals surface area contributed by atoms with E-state index in [1.165, 1.54) is 0 Å². The molecule has 0 spiro atoms. The van der Waals surface area contributed by atoms with Crippen LogP contribution in [0.4, 0.5) is 0 Å². The molecule has 2 nitrogen and oxygen atoms in total. The second-order valence-corrected chi connectivity index (χ2v) is 5.53. The van der Waals surface area contributed by atoms with E-state index in [0.29, 0.717) is 5.92 Å². The summed E-state index contributed by atoms with van der Waals surface area (Å²) >= 11 is 0. The minimum Gasteiger partial charge on any atom is -0.299 e. The Labute approximate surface area is 92.4 Å². The largest absolute Gasteiger partial charge is 0.299 e. The van der Waals surface area contributed by atoms with Crippen molar-refractivity contribution in [1.82, 2.24) is 0 Å². The molecule has 15 heavy (non-hydrogen) atoms. The molecule has 3 atom stereocenters.